The van der Waals surface area contributed by atoms with Crippen LogP contribution in [0.25, 0.3) is 0 Å². The van der Waals surface area contributed by atoms with E-state index in [0.717, 1.165) is 12.8 Å². The molecule has 0 fully saturated rings. The van der Waals surface area contributed by atoms with Crippen LogP contribution in [0.3, 0.4) is 0 Å². The van der Waals surface area contributed by atoms with Gasteiger partial charge >= 0.3 is 51.4 Å². The Balaban J connectivity index is 0.00000480. The van der Waals surface area contributed by atoms with Gasteiger partial charge in [-0.2, -0.15) is 8.42 Å². The van der Waals surface area contributed by atoms with E-state index in [0.29, 0.717) is 17.7 Å². The van der Waals surface area contributed by atoms with E-state index in [1.54, 1.807) is 18.2 Å². The van der Waals surface area contributed by atoms with Crippen molar-refractivity contribution in [2.45, 2.75) is 82.4 Å². The summed E-state index contributed by atoms with van der Waals surface area (Å²) < 4.78 is 37.4. The van der Waals surface area contributed by atoms with E-state index in [2.05, 4.69) is 6.92 Å². The largest absolute Gasteiger partial charge is 1.00 e. The molecule has 0 aliphatic rings. The van der Waals surface area contributed by atoms with E-state index in [-0.39, 0.29) is 67.8 Å². The van der Waals surface area contributed by atoms with E-state index in [4.69, 9.17) is 9.29 Å². The molecule has 2 rings (SSSR count). The Morgan fingerprint density at radius 2 is 1.42 bits per heavy atom. The minimum atomic E-state index is -4.29. The molecule has 5 nitrogen and oxygen atoms in total. The average Bonchev–Trinajstić information content (AvgIpc) is 2.71. The Morgan fingerprint density at radius 3 is 2.03 bits per heavy atom. The van der Waals surface area contributed by atoms with Gasteiger partial charge in [-0.3, -0.25) is 4.55 Å². The first-order valence-electron chi connectivity index (χ1n) is 11.0. The maximum Gasteiger partial charge on any atom is 1.00 e. The van der Waals surface area contributed by atoms with E-state index in [1.807, 2.05) is 0 Å². The van der Waals surface area contributed by atoms with Crippen molar-refractivity contribution >= 4 is 10.1 Å². The smallest absolute Gasteiger partial charge is 0.872 e. The summed E-state index contributed by atoms with van der Waals surface area (Å²) in [5, 5.41) is 12.1. The van der Waals surface area contributed by atoms with E-state index >= 15 is 0 Å². The minimum Gasteiger partial charge on any atom is -0.872 e. The number of hydrogen-bond acceptors (Lipinski definition) is 4. The molecule has 0 unspecified atom stereocenters. The maximum absolute atomic E-state index is 12.1. The van der Waals surface area contributed by atoms with Crippen molar-refractivity contribution in [1.82, 2.24) is 0 Å². The molecule has 31 heavy (non-hydrogen) atoms. The van der Waals surface area contributed by atoms with Crippen molar-refractivity contribution in [3.8, 4) is 17.2 Å². The van der Waals surface area contributed by atoms with Crippen molar-refractivity contribution in [3.63, 3.8) is 0 Å². The molecule has 0 bridgehead atoms. The molecule has 0 aromatic heterocycles. The summed E-state index contributed by atoms with van der Waals surface area (Å²) in [6.45, 7) is 2.23. The Bertz CT molecular complexity index is 883. The summed E-state index contributed by atoms with van der Waals surface area (Å²) in [6, 6.07) is 10.4. The second-order valence-electron chi connectivity index (χ2n) is 7.75. The standard InChI is InChI=1S/C24H34O5S.K/c1-2-3-4-5-6-7-8-9-10-11-13-20-18-22(16-17-24(20)25)29-21-14-12-15-23(19-21)30(26,27)28;/h12,14-19,25H,2-11,13H2,1H3,(H,26,27,28);/q;+1/p-1. The molecule has 1 N–H and O–H groups in total. The van der Waals surface area contributed by atoms with Crippen LogP contribution in [0.2, 0.25) is 0 Å². The third-order valence-electron chi connectivity index (χ3n) is 5.17. The first-order valence-corrected chi connectivity index (χ1v) is 12.4. The number of rotatable bonds is 14. The number of unbranched alkanes of at least 4 members (excludes halogenated alkanes) is 9. The number of aryl methyl sites for hydroxylation is 1. The average molecular weight is 473 g/mol. The van der Waals surface area contributed by atoms with Crippen LogP contribution in [0.4, 0.5) is 0 Å². The molecule has 166 valence electrons. The summed E-state index contributed by atoms with van der Waals surface area (Å²) in [5.74, 6) is 0.753. The van der Waals surface area contributed by atoms with E-state index in [9.17, 15) is 13.5 Å². The van der Waals surface area contributed by atoms with Crippen LogP contribution in [-0.4, -0.2) is 13.0 Å². The third-order valence-corrected chi connectivity index (χ3v) is 6.02. The van der Waals surface area contributed by atoms with Crippen LogP contribution >= 0.6 is 0 Å². The van der Waals surface area contributed by atoms with Gasteiger partial charge in [0.2, 0.25) is 0 Å². The quantitative estimate of drug-likeness (QED) is 0.259. The number of benzene rings is 2. The third kappa shape index (κ3) is 11.3. The van der Waals surface area contributed by atoms with Gasteiger partial charge in [-0.05, 0) is 37.1 Å². The van der Waals surface area contributed by atoms with Crippen molar-refractivity contribution in [3.05, 3.63) is 48.0 Å². The van der Waals surface area contributed by atoms with Gasteiger partial charge in [0, 0.05) is 6.07 Å². The summed E-state index contributed by atoms with van der Waals surface area (Å²) in [7, 11) is -4.29. The van der Waals surface area contributed by atoms with Gasteiger partial charge in [0.25, 0.3) is 10.1 Å². The minimum absolute atomic E-state index is 0. The fourth-order valence-corrected chi connectivity index (χ4v) is 3.97. The van der Waals surface area contributed by atoms with Crippen LogP contribution in [-0.2, 0) is 16.5 Å². The summed E-state index contributed by atoms with van der Waals surface area (Å²) in [5.41, 5.74) is 0.706. The molecule has 7 heteroatoms. The normalized spacial score (nSPS) is 11.2. The van der Waals surface area contributed by atoms with Gasteiger partial charge in [0.1, 0.15) is 11.5 Å². The topological polar surface area (TPSA) is 86.7 Å². The van der Waals surface area contributed by atoms with Crippen LogP contribution < -0.4 is 61.2 Å². The molecule has 0 spiro atoms. The monoisotopic (exact) mass is 472 g/mol. The van der Waals surface area contributed by atoms with Gasteiger partial charge in [-0.25, -0.2) is 0 Å². The molecular weight excluding hydrogens is 439 g/mol. The van der Waals surface area contributed by atoms with Crippen molar-refractivity contribution in [2.75, 3.05) is 0 Å². The molecule has 0 aliphatic heterocycles. The molecule has 0 atom stereocenters. The second-order valence-corrected chi connectivity index (χ2v) is 9.18. The van der Waals surface area contributed by atoms with Gasteiger partial charge in [0.05, 0.1) is 4.90 Å². The molecular formula is C24H33KO5S. The summed E-state index contributed by atoms with van der Waals surface area (Å²) in [4.78, 5) is -0.231. The molecule has 0 heterocycles. The Labute approximate surface area is 229 Å². The zero-order valence-electron chi connectivity index (χ0n) is 18.8. The molecule has 0 saturated heterocycles. The van der Waals surface area contributed by atoms with E-state index < -0.39 is 10.1 Å². The van der Waals surface area contributed by atoms with Crippen LogP contribution in [0.5, 0.6) is 17.2 Å². The van der Waals surface area contributed by atoms with Gasteiger partial charge in [-0.1, -0.05) is 82.4 Å². The van der Waals surface area contributed by atoms with Crippen LogP contribution in [0.1, 0.15) is 76.7 Å². The first kappa shape index (κ1) is 28.6. The Morgan fingerprint density at radius 1 is 0.839 bits per heavy atom. The zero-order chi connectivity index (χ0) is 21.8. The predicted molar refractivity (Wildman–Crippen MR) is 118 cm³/mol. The fraction of sp³-hybridized carbons (Fsp3) is 0.500. The molecule has 0 amide bonds. The van der Waals surface area contributed by atoms with Gasteiger partial charge in [0.15, 0.2) is 0 Å². The van der Waals surface area contributed by atoms with Gasteiger partial charge in [-0.15, -0.1) is 5.75 Å². The first-order chi connectivity index (χ1) is 14.4. The van der Waals surface area contributed by atoms with Crippen molar-refractivity contribution < 1.29 is 74.2 Å². The number of ether oxygens (including phenoxy) is 1. The van der Waals surface area contributed by atoms with E-state index in [1.165, 1.54) is 75.6 Å². The second kappa shape index (κ2) is 15.4. The summed E-state index contributed by atoms with van der Waals surface area (Å²) >= 11 is 0. The van der Waals surface area contributed by atoms with Crippen molar-refractivity contribution in [1.29, 1.82) is 0 Å². The SMILES string of the molecule is CCCCCCCCCCCCc1cc(Oc2cccc(S(=O)(=O)O)c2)ccc1[O-].[K+]. The van der Waals surface area contributed by atoms with Gasteiger partial charge < -0.3 is 9.84 Å². The Hall–Kier alpha value is -0.414. The van der Waals surface area contributed by atoms with Crippen molar-refractivity contribution in [2.24, 2.45) is 0 Å². The molecule has 2 aromatic carbocycles. The fourth-order valence-electron chi connectivity index (χ4n) is 3.45. The number of hydrogen-bond donors (Lipinski definition) is 1. The summed E-state index contributed by atoms with van der Waals surface area (Å²) in [6.07, 6.45) is 13.2. The molecule has 0 aliphatic carbocycles. The molecule has 0 radical (unpaired) electrons. The molecule has 0 saturated carbocycles. The maximum atomic E-state index is 12.1. The van der Waals surface area contributed by atoms with Crippen LogP contribution in [0, 0.1) is 0 Å². The Kier molecular flexibility index (Phi) is 14.2. The molecule has 2 aromatic rings. The zero-order valence-corrected chi connectivity index (χ0v) is 22.7. The van der Waals surface area contributed by atoms with Crippen LogP contribution in [0.15, 0.2) is 47.4 Å². The predicted octanol–water partition coefficient (Wildman–Crippen LogP) is 3.27.